The summed E-state index contributed by atoms with van der Waals surface area (Å²) in [4.78, 5) is 66.0. The molecule has 10 rings (SSSR count). The van der Waals surface area contributed by atoms with Crippen LogP contribution in [0.5, 0.6) is 0 Å². The van der Waals surface area contributed by atoms with Crippen molar-refractivity contribution >= 4 is 104 Å². The molecule has 4 saturated heterocycles. The Morgan fingerprint density at radius 3 is 1.42 bits per heavy atom. The van der Waals surface area contributed by atoms with Crippen LogP contribution in [0.15, 0.2) is 102 Å². The van der Waals surface area contributed by atoms with Gasteiger partial charge < -0.3 is 40.6 Å². The second-order valence-electron chi connectivity index (χ2n) is 19.7. The van der Waals surface area contributed by atoms with Crippen molar-refractivity contribution in [3.05, 3.63) is 124 Å². The highest BCUT2D eigenvalue weighted by atomic mass is 35.5. The number of halogens is 3. The predicted octanol–water partition coefficient (Wildman–Crippen LogP) is 12.2. The molecule has 0 bridgehead atoms. The molecule has 2 aromatic heterocycles. The Balaban J connectivity index is 0.000000180. The van der Waals surface area contributed by atoms with Gasteiger partial charge in [-0.25, -0.2) is 9.59 Å². The standard InChI is InChI=1S/C28H34N4O3S.C27H29Cl3N4O3/c1-36-22-8-6-21(7-9-22)30-28(35)32-16-12-20(13-17-32)26(27(33)34)31-14-10-19(11-15-31)24-18-29-25-5-3-2-4-23(24)25;28-20-13-22(30)24(14-21(20)29)32-27(37)34-11-7-17(8-12-34)25(26(35)36)33-9-5-16(6-10-33)19-15-31-23-4-2-1-3-18(19)23/h2-9,18-20,26,29H,10-17H2,1H3,(H,30,35)(H,33,34);1-4,13-17,25,31H,5-12H2,(H,32,37)(H,35,36). The molecule has 4 aromatic carbocycles. The third-order valence-corrected chi connectivity index (χ3v) is 17.4. The van der Waals surface area contributed by atoms with Crippen LogP contribution in [0, 0.1) is 11.8 Å². The Kier molecular flexibility index (Phi) is 17.1. The number of piperidine rings is 4. The lowest BCUT2D eigenvalue weighted by atomic mass is 9.84. The fourth-order valence-electron chi connectivity index (χ4n) is 11.7. The second kappa shape index (κ2) is 23.8. The number of thioether (sulfide) groups is 1. The summed E-state index contributed by atoms with van der Waals surface area (Å²) in [5, 5.41) is 29.5. The van der Waals surface area contributed by atoms with Crippen LogP contribution in [-0.4, -0.2) is 134 Å². The molecule has 4 aliphatic rings. The van der Waals surface area contributed by atoms with E-state index in [9.17, 15) is 29.4 Å². The first-order chi connectivity index (χ1) is 35.3. The minimum atomic E-state index is -0.781. The number of amides is 4. The Bertz CT molecular complexity index is 2890. The summed E-state index contributed by atoms with van der Waals surface area (Å²) in [7, 11) is 0. The monoisotopic (exact) mass is 1070 g/mol. The SMILES string of the molecule is CSc1ccc(NC(=O)N2CCC(C(C(=O)O)N3CCC(c4c[nH]c5ccccc45)CC3)CC2)cc1.O=C(O)C(C1CCN(C(=O)Nc2cc(Cl)c(Cl)cc2Cl)CC1)N1CCC(c2c[nH]c3ccccc23)CC1. The van der Waals surface area contributed by atoms with E-state index in [0.717, 1.165) is 73.5 Å². The van der Waals surface area contributed by atoms with Crippen molar-refractivity contribution in [3.8, 4) is 0 Å². The van der Waals surface area contributed by atoms with E-state index in [2.05, 4.69) is 79.2 Å². The highest BCUT2D eigenvalue weighted by molar-refractivity contribution is 7.98. The number of benzene rings is 4. The molecule has 4 aliphatic heterocycles. The molecule has 4 amide bonds. The first kappa shape index (κ1) is 52.4. The van der Waals surface area contributed by atoms with Crippen LogP contribution in [0.3, 0.4) is 0 Å². The van der Waals surface area contributed by atoms with Gasteiger partial charge in [-0.3, -0.25) is 19.4 Å². The molecule has 6 aromatic rings. The third-order valence-electron chi connectivity index (χ3n) is 15.6. The number of hydrogen-bond acceptors (Lipinski definition) is 7. The van der Waals surface area contributed by atoms with Crippen molar-refractivity contribution in [1.29, 1.82) is 0 Å². The van der Waals surface area contributed by atoms with Crippen molar-refractivity contribution < 1.29 is 29.4 Å². The van der Waals surface area contributed by atoms with Crippen LogP contribution in [0.25, 0.3) is 21.8 Å². The van der Waals surface area contributed by atoms with E-state index in [1.165, 1.54) is 34.0 Å². The number of urea groups is 2. The first-order valence-corrected chi connectivity index (χ1v) is 27.7. The van der Waals surface area contributed by atoms with E-state index in [1.807, 2.05) is 42.7 Å². The molecule has 18 heteroatoms. The predicted molar refractivity (Wildman–Crippen MR) is 293 cm³/mol. The van der Waals surface area contributed by atoms with Crippen LogP contribution in [-0.2, 0) is 9.59 Å². The average molecular weight is 1070 g/mol. The minimum absolute atomic E-state index is 0.0141. The molecule has 6 heterocycles. The zero-order chi connectivity index (χ0) is 51.2. The molecule has 73 heavy (non-hydrogen) atoms. The van der Waals surface area contributed by atoms with E-state index in [-0.39, 0.29) is 23.9 Å². The van der Waals surface area contributed by atoms with Gasteiger partial charge in [0.2, 0.25) is 0 Å². The van der Waals surface area contributed by atoms with Crippen LogP contribution in [0.2, 0.25) is 15.1 Å². The number of rotatable bonds is 11. The van der Waals surface area contributed by atoms with Gasteiger partial charge in [0.05, 0.1) is 20.8 Å². The van der Waals surface area contributed by atoms with Crippen LogP contribution < -0.4 is 10.6 Å². The Morgan fingerprint density at radius 1 is 0.562 bits per heavy atom. The summed E-state index contributed by atoms with van der Waals surface area (Å²) >= 11 is 19.9. The Labute approximate surface area is 445 Å². The number of nitrogens with one attached hydrogen (secondary N) is 4. The number of carbonyl (C=O) groups is 4. The molecular formula is C55H63Cl3N8O6S. The number of likely N-dealkylation sites (tertiary alicyclic amines) is 4. The zero-order valence-corrected chi connectivity index (χ0v) is 44.0. The topological polar surface area (TPSA) is 177 Å². The van der Waals surface area contributed by atoms with E-state index < -0.39 is 24.0 Å². The number of fused-ring (bicyclic) bond motifs is 2. The molecule has 386 valence electrons. The molecule has 6 N–H and O–H groups in total. The van der Waals surface area contributed by atoms with Crippen molar-refractivity contribution in [2.24, 2.45) is 11.8 Å². The van der Waals surface area contributed by atoms with Gasteiger partial charge in [-0.05, 0) is 167 Å². The number of nitrogens with zero attached hydrogens (tertiary/aromatic N) is 4. The van der Waals surface area contributed by atoms with Crippen molar-refractivity contribution in [2.45, 2.75) is 80.2 Å². The van der Waals surface area contributed by atoms with Gasteiger partial charge in [0.1, 0.15) is 12.1 Å². The number of carboxylic acid groups (broad SMARTS) is 2. The lowest BCUT2D eigenvalue weighted by Gasteiger charge is -2.41. The average Bonchev–Trinajstić information content (AvgIpc) is 4.04. The molecule has 0 spiro atoms. The molecule has 0 radical (unpaired) electrons. The number of aromatic amines is 2. The molecular weight excluding hydrogens is 1010 g/mol. The van der Waals surface area contributed by atoms with Crippen LogP contribution in [0.1, 0.15) is 74.3 Å². The number of para-hydroxylation sites is 2. The minimum Gasteiger partial charge on any atom is -0.480 e. The molecule has 2 atom stereocenters. The van der Waals surface area contributed by atoms with Crippen molar-refractivity contribution in [2.75, 3.05) is 69.2 Å². The maximum Gasteiger partial charge on any atom is 0.321 e. The Morgan fingerprint density at radius 2 is 0.986 bits per heavy atom. The largest absolute Gasteiger partial charge is 0.480 e. The summed E-state index contributed by atoms with van der Waals surface area (Å²) < 4.78 is 0. The lowest BCUT2D eigenvalue weighted by Crippen LogP contribution is -2.52. The number of H-pyrrole nitrogens is 2. The Hall–Kier alpha value is -5.42. The molecule has 0 aliphatic carbocycles. The fourth-order valence-corrected chi connectivity index (χ4v) is 12.7. The van der Waals surface area contributed by atoms with Crippen LogP contribution in [0.4, 0.5) is 21.0 Å². The maximum atomic E-state index is 12.8. The molecule has 14 nitrogen and oxygen atoms in total. The van der Waals surface area contributed by atoms with Gasteiger partial charge in [0, 0.05) is 71.0 Å². The number of carboxylic acids is 2. The van der Waals surface area contributed by atoms with Crippen molar-refractivity contribution in [3.63, 3.8) is 0 Å². The molecule has 0 saturated carbocycles. The summed E-state index contributed by atoms with van der Waals surface area (Å²) in [6, 6.07) is 26.1. The quantitative estimate of drug-likeness (QED) is 0.0544. The molecule has 2 unspecified atom stereocenters. The van der Waals surface area contributed by atoms with Gasteiger partial charge in [-0.2, -0.15) is 0 Å². The van der Waals surface area contributed by atoms with E-state index >= 15 is 0 Å². The first-order valence-electron chi connectivity index (χ1n) is 25.3. The van der Waals surface area contributed by atoms with Gasteiger partial charge in [0.15, 0.2) is 0 Å². The van der Waals surface area contributed by atoms with Crippen molar-refractivity contribution in [1.82, 2.24) is 29.6 Å². The normalized spacial score (nSPS) is 18.8. The second-order valence-corrected chi connectivity index (χ2v) is 21.9. The number of anilines is 2. The smallest absolute Gasteiger partial charge is 0.321 e. The van der Waals surface area contributed by atoms with Gasteiger partial charge in [-0.15, -0.1) is 11.8 Å². The van der Waals surface area contributed by atoms with E-state index in [4.69, 9.17) is 34.8 Å². The van der Waals surface area contributed by atoms with E-state index in [0.29, 0.717) is 84.5 Å². The maximum absolute atomic E-state index is 12.8. The van der Waals surface area contributed by atoms with Crippen LogP contribution >= 0.6 is 46.6 Å². The van der Waals surface area contributed by atoms with Gasteiger partial charge in [-0.1, -0.05) is 71.2 Å². The fraction of sp³-hybridized carbons (Fsp3) is 0.418. The summed E-state index contributed by atoms with van der Waals surface area (Å²) in [5.41, 5.74) is 6.14. The summed E-state index contributed by atoms with van der Waals surface area (Å²) in [5.74, 6) is -0.617. The van der Waals surface area contributed by atoms with Gasteiger partial charge >= 0.3 is 24.0 Å². The summed E-state index contributed by atoms with van der Waals surface area (Å²) in [6.45, 7) is 5.18. The zero-order valence-electron chi connectivity index (χ0n) is 40.9. The lowest BCUT2D eigenvalue weighted by molar-refractivity contribution is -0.147. The molecule has 4 fully saturated rings. The number of carbonyl (C=O) groups excluding carboxylic acids is 2. The number of aliphatic carboxylic acids is 2. The summed E-state index contributed by atoms with van der Waals surface area (Å²) in [6.07, 6.45) is 12.7. The van der Waals surface area contributed by atoms with Gasteiger partial charge in [0.25, 0.3) is 0 Å². The number of aromatic nitrogens is 2. The van der Waals surface area contributed by atoms with E-state index in [1.54, 1.807) is 21.6 Å². The number of hydrogen-bond donors (Lipinski definition) is 6. The highest BCUT2D eigenvalue weighted by Crippen LogP contribution is 2.38. The third kappa shape index (κ3) is 12.2. The highest BCUT2D eigenvalue weighted by Gasteiger charge is 2.40.